The van der Waals surface area contributed by atoms with Gasteiger partial charge in [-0.1, -0.05) is 0 Å². The van der Waals surface area contributed by atoms with E-state index >= 15 is 0 Å². The third kappa shape index (κ3) is 2.15. The average Bonchev–Trinajstić information content (AvgIpc) is 2.49. The van der Waals surface area contributed by atoms with Crippen LogP contribution in [0, 0.1) is 0 Å². The number of morpholine rings is 1. The number of hydrogen-bond acceptors (Lipinski definition) is 2. The number of halogens is 2. The van der Waals surface area contributed by atoms with Crippen molar-refractivity contribution in [3.63, 3.8) is 0 Å². The molecule has 0 spiro atoms. The van der Waals surface area contributed by atoms with Crippen LogP contribution in [0.5, 0.6) is 0 Å². The van der Waals surface area contributed by atoms with Crippen LogP contribution >= 0.6 is 31.9 Å². The molecule has 1 fully saturated rings. The van der Waals surface area contributed by atoms with Crippen molar-refractivity contribution in [3.05, 3.63) is 20.8 Å². The maximum Gasteiger partial charge on any atom is 0.0966 e. The van der Waals surface area contributed by atoms with Crippen LogP contribution in [0.3, 0.4) is 0 Å². The lowest BCUT2D eigenvalue weighted by Crippen LogP contribution is -2.34. The topological polar surface area (TPSA) is 37.0 Å². The van der Waals surface area contributed by atoms with E-state index in [0.717, 1.165) is 34.5 Å². The molecule has 0 radical (unpaired) electrons. The fourth-order valence-electron chi connectivity index (χ4n) is 1.38. The minimum atomic E-state index is 0.288. The lowest BCUT2D eigenvalue weighted by Gasteiger charge is -2.22. The van der Waals surface area contributed by atoms with Crippen molar-refractivity contribution >= 4 is 31.9 Å². The highest BCUT2D eigenvalue weighted by atomic mass is 79.9. The Bertz CT molecular complexity index is 275. The second kappa shape index (κ2) is 4.13. The second-order valence-corrected chi connectivity index (χ2v) is 4.62. The molecule has 2 heterocycles. The van der Waals surface area contributed by atoms with Gasteiger partial charge in [-0.25, -0.2) is 0 Å². The molecule has 3 nitrogen and oxygen atoms in total. The van der Waals surface area contributed by atoms with Crippen molar-refractivity contribution in [1.82, 2.24) is 10.3 Å². The fraction of sp³-hybridized carbons (Fsp3) is 0.500. The highest BCUT2D eigenvalue weighted by Crippen LogP contribution is 2.26. The Hall–Kier alpha value is 0.160. The quantitative estimate of drug-likeness (QED) is 0.834. The van der Waals surface area contributed by atoms with Crippen molar-refractivity contribution in [2.75, 3.05) is 19.8 Å². The third-order valence-electron chi connectivity index (χ3n) is 2.04. The van der Waals surface area contributed by atoms with Crippen LogP contribution in [0.1, 0.15) is 11.7 Å². The Morgan fingerprint density at radius 3 is 2.85 bits per heavy atom. The van der Waals surface area contributed by atoms with E-state index in [2.05, 4.69) is 48.2 Å². The first-order valence-electron chi connectivity index (χ1n) is 4.12. The first-order valence-corrected chi connectivity index (χ1v) is 5.71. The molecule has 2 N–H and O–H groups in total. The molecule has 1 saturated heterocycles. The lowest BCUT2D eigenvalue weighted by molar-refractivity contribution is 0.0757. The van der Waals surface area contributed by atoms with Gasteiger partial charge in [0.15, 0.2) is 0 Å². The predicted octanol–water partition coefficient (Wildman–Crippen LogP) is 2.20. The molecule has 0 amide bonds. The van der Waals surface area contributed by atoms with Gasteiger partial charge < -0.3 is 15.0 Å². The van der Waals surface area contributed by atoms with Crippen LogP contribution < -0.4 is 5.32 Å². The number of ether oxygens (including phenoxy) is 1. The summed E-state index contributed by atoms with van der Waals surface area (Å²) in [5, 5.41) is 3.38. The van der Waals surface area contributed by atoms with E-state index in [0.29, 0.717) is 0 Å². The van der Waals surface area contributed by atoms with E-state index in [1.54, 1.807) is 0 Å². The van der Waals surface area contributed by atoms with E-state index in [4.69, 9.17) is 4.74 Å². The number of aromatic amines is 1. The summed E-state index contributed by atoms with van der Waals surface area (Å²) in [6, 6.07) is 2.35. The molecule has 13 heavy (non-hydrogen) atoms. The Morgan fingerprint density at radius 2 is 2.31 bits per heavy atom. The van der Waals surface area contributed by atoms with Gasteiger partial charge in [-0.15, -0.1) is 0 Å². The first kappa shape index (κ1) is 9.71. The highest BCUT2D eigenvalue weighted by molar-refractivity contribution is 9.13. The molecular formula is C8H10Br2N2O. The molecule has 0 aromatic carbocycles. The van der Waals surface area contributed by atoms with E-state index in [-0.39, 0.29) is 6.04 Å². The molecule has 1 atom stereocenters. The van der Waals surface area contributed by atoms with Gasteiger partial charge in [-0.3, -0.25) is 0 Å². The summed E-state index contributed by atoms with van der Waals surface area (Å²) in [5.74, 6) is 0. The Balaban J connectivity index is 2.14. The maximum absolute atomic E-state index is 5.37. The number of rotatable bonds is 1. The zero-order chi connectivity index (χ0) is 9.26. The van der Waals surface area contributed by atoms with Gasteiger partial charge in [-0.2, -0.15) is 0 Å². The van der Waals surface area contributed by atoms with Crippen molar-refractivity contribution < 1.29 is 4.74 Å². The van der Waals surface area contributed by atoms with E-state index < -0.39 is 0 Å². The zero-order valence-corrected chi connectivity index (χ0v) is 10.1. The van der Waals surface area contributed by atoms with Gasteiger partial charge in [-0.05, 0) is 37.9 Å². The SMILES string of the molecule is Brc1cc([C@H]2COCCN2)[nH]c1Br. The van der Waals surface area contributed by atoms with Gasteiger partial charge in [0.05, 0.1) is 23.9 Å². The number of aromatic nitrogens is 1. The van der Waals surface area contributed by atoms with Crippen LogP contribution in [-0.4, -0.2) is 24.7 Å². The summed E-state index contributed by atoms with van der Waals surface area (Å²) in [4.78, 5) is 3.24. The summed E-state index contributed by atoms with van der Waals surface area (Å²) in [6.45, 7) is 2.46. The van der Waals surface area contributed by atoms with Crippen molar-refractivity contribution in [2.45, 2.75) is 6.04 Å². The maximum atomic E-state index is 5.37. The summed E-state index contributed by atoms with van der Waals surface area (Å²) in [5.41, 5.74) is 1.15. The van der Waals surface area contributed by atoms with Crippen molar-refractivity contribution in [3.8, 4) is 0 Å². The fourth-order valence-corrected chi connectivity index (χ4v) is 2.06. The molecular weight excluding hydrogens is 300 g/mol. The molecule has 0 aliphatic carbocycles. The predicted molar refractivity (Wildman–Crippen MR) is 57.8 cm³/mol. The van der Waals surface area contributed by atoms with Crippen LogP contribution in [0.25, 0.3) is 0 Å². The van der Waals surface area contributed by atoms with Crippen molar-refractivity contribution in [1.29, 1.82) is 0 Å². The first-order chi connectivity index (χ1) is 6.27. The highest BCUT2D eigenvalue weighted by Gasteiger charge is 2.17. The zero-order valence-electron chi connectivity index (χ0n) is 6.94. The molecule has 0 unspecified atom stereocenters. The summed E-state index contributed by atoms with van der Waals surface area (Å²) >= 11 is 6.85. The number of nitrogens with one attached hydrogen (secondary N) is 2. The largest absolute Gasteiger partial charge is 0.378 e. The molecule has 1 aromatic heterocycles. The van der Waals surface area contributed by atoms with E-state index in [9.17, 15) is 0 Å². The smallest absolute Gasteiger partial charge is 0.0966 e. The molecule has 1 aliphatic rings. The van der Waals surface area contributed by atoms with Gasteiger partial charge in [0, 0.05) is 16.7 Å². The number of H-pyrrole nitrogens is 1. The van der Waals surface area contributed by atoms with Gasteiger partial charge >= 0.3 is 0 Å². The Labute approximate surface area is 93.5 Å². The Morgan fingerprint density at radius 1 is 1.46 bits per heavy atom. The van der Waals surface area contributed by atoms with Gasteiger partial charge in [0.2, 0.25) is 0 Å². The number of hydrogen-bond donors (Lipinski definition) is 2. The standard InChI is InChI=1S/C8H10Br2N2O/c9-5-3-6(12-8(5)10)7-4-13-2-1-11-7/h3,7,11-12H,1-2,4H2/t7-/m1/s1. The average molecular weight is 310 g/mol. The normalized spacial score (nSPS) is 23.4. The van der Waals surface area contributed by atoms with Crippen molar-refractivity contribution in [2.24, 2.45) is 0 Å². The monoisotopic (exact) mass is 308 g/mol. The second-order valence-electron chi connectivity index (χ2n) is 2.97. The molecule has 5 heteroatoms. The molecule has 2 rings (SSSR count). The van der Waals surface area contributed by atoms with Crippen LogP contribution in [0.4, 0.5) is 0 Å². The summed E-state index contributed by atoms with van der Waals surface area (Å²) < 4.78 is 7.40. The van der Waals surface area contributed by atoms with Gasteiger partial charge in [0.25, 0.3) is 0 Å². The summed E-state index contributed by atoms with van der Waals surface area (Å²) in [7, 11) is 0. The molecule has 1 aliphatic heterocycles. The van der Waals surface area contributed by atoms with Crippen LogP contribution in [0.2, 0.25) is 0 Å². The van der Waals surface area contributed by atoms with Crippen LogP contribution in [0.15, 0.2) is 15.1 Å². The van der Waals surface area contributed by atoms with Crippen LogP contribution in [-0.2, 0) is 4.74 Å². The minimum Gasteiger partial charge on any atom is -0.378 e. The summed E-state index contributed by atoms with van der Waals surface area (Å²) in [6.07, 6.45) is 0. The minimum absolute atomic E-state index is 0.288. The van der Waals surface area contributed by atoms with E-state index in [1.165, 1.54) is 0 Å². The Kier molecular flexibility index (Phi) is 3.08. The molecule has 0 saturated carbocycles. The van der Waals surface area contributed by atoms with Gasteiger partial charge in [0.1, 0.15) is 0 Å². The molecule has 1 aromatic rings. The molecule has 0 bridgehead atoms. The third-order valence-corrected chi connectivity index (χ3v) is 3.83. The van der Waals surface area contributed by atoms with E-state index in [1.807, 2.05) is 0 Å². The lowest BCUT2D eigenvalue weighted by atomic mass is 10.2. The molecule has 72 valence electrons.